The molecule has 0 N–H and O–H groups in total. The van der Waals surface area contributed by atoms with Crippen molar-refractivity contribution in [2.75, 3.05) is 18.0 Å². The molecule has 0 bridgehead atoms. The number of hydrogen-bond donors (Lipinski definition) is 0. The van der Waals surface area contributed by atoms with Crippen LogP contribution in [0.5, 0.6) is 0 Å². The molecule has 0 atom stereocenters. The first kappa shape index (κ1) is 17.4. The van der Waals surface area contributed by atoms with Crippen LogP contribution in [0.15, 0.2) is 65.7 Å². The number of para-hydroxylation sites is 1. The number of Topliss-reactive ketones (excluding diaryl/α,β-unsaturated/α-hetero) is 1. The summed E-state index contributed by atoms with van der Waals surface area (Å²) < 4.78 is 0. The van der Waals surface area contributed by atoms with Crippen molar-refractivity contribution in [3.05, 3.63) is 66.2 Å². The second-order valence-electron chi connectivity index (χ2n) is 5.47. The van der Waals surface area contributed by atoms with Crippen LogP contribution in [-0.2, 0) is 0 Å². The van der Waals surface area contributed by atoms with Gasteiger partial charge in [0.2, 0.25) is 0 Å². The third kappa shape index (κ3) is 4.52. The van der Waals surface area contributed by atoms with Crippen LogP contribution in [0.25, 0.3) is 0 Å². The number of carbonyl (C=O) groups is 1. The lowest BCUT2D eigenvalue weighted by atomic mass is 10.1. The van der Waals surface area contributed by atoms with Gasteiger partial charge in [-0.15, -0.1) is 17.0 Å². The fourth-order valence-electron chi connectivity index (χ4n) is 2.70. The summed E-state index contributed by atoms with van der Waals surface area (Å²) in [7, 11) is 0. The second-order valence-corrected chi connectivity index (χ2v) is 5.47. The Morgan fingerprint density at radius 1 is 0.957 bits per heavy atom. The highest BCUT2D eigenvalue weighted by atomic mass is 79.9. The van der Waals surface area contributed by atoms with Crippen LogP contribution in [0, 0.1) is 0 Å². The van der Waals surface area contributed by atoms with Crippen LogP contribution < -0.4 is 4.90 Å². The molecule has 0 amide bonds. The Hall–Kier alpha value is -1.94. The molecule has 3 rings (SSSR count). The van der Waals surface area contributed by atoms with Gasteiger partial charge in [-0.25, -0.2) is 0 Å². The van der Waals surface area contributed by atoms with Crippen LogP contribution in [-0.4, -0.2) is 24.7 Å². The Morgan fingerprint density at radius 2 is 1.61 bits per heavy atom. The summed E-state index contributed by atoms with van der Waals surface area (Å²) in [5.74, 6) is 1.15. The normalized spacial score (nSPS) is 13.7. The van der Waals surface area contributed by atoms with Crippen molar-refractivity contribution in [1.82, 2.24) is 0 Å². The first-order chi connectivity index (χ1) is 10.8. The van der Waals surface area contributed by atoms with Gasteiger partial charge in [0.05, 0.1) is 6.54 Å². The predicted octanol–water partition coefficient (Wildman–Crippen LogP) is 4.54. The van der Waals surface area contributed by atoms with Crippen LogP contribution >= 0.6 is 17.0 Å². The molecule has 1 aliphatic heterocycles. The number of halogens is 1. The highest BCUT2D eigenvalue weighted by Crippen LogP contribution is 2.19. The molecule has 0 saturated heterocycles. The van der Waals surface area contributed by atoms with Gasteiger partial charge in [0.1, 0.15) is 5.84 Å². The SMILES string of the molecule is Br.O=C(CN(C1=NCCCC1)c1ccccc1)c1ccccc1. The van der Waals surface area contributed by atoms with Gasteiger partial charge in [0.15, 0.2) is 5.78 Å². The quantitative estimate of drug-likeness (QED) is 0.738. The maximum Gasteiger partial charge on any atom is 0.182 e. The molecular weight excluding hydrogens is 352 g/mol. The fraction of sp³-hybridized carbons (Fsp3) is 0.263. The topological polar surface area (TPSA) is 32.7 Å². The summed E-state index contributed by atoms with van der Waals surface area (Å²) in [5.41, 5.74) is 1.78. The maximum atomic E-state index is 12.6. The van der Waals surface area contributed by atoms with Crippen molar-refractivity contribution in [3.8, 4) is 0 Å². The van der Waals surface area contributed by atoms with E-state index in [1.807, 2.05) is 60.7 Å². The number of carbonyl (C=O) groups excluding carboxylic acids is 1. The standard InChI is InChI=1S/C19H20N2O.BrH/c22-18(16-9-3-1-4-10-16)15-21(17-11-5-2-6-12-17)19-13-7-8-14-20-19;/h1-6,9-12H,7-8,13-15H2;1H. The zero-order chi connectivity index (χ0) is 15.2. The number of rotatable bonds is 4. The van der Waals surface area contributed by atoms with E-state index < -0.39 is 0 Å². The van der Waals surface area contributed by atoms with Crippen molar-refractivity contribution < 1.29 is 4.79 Å². The minimum absolute atomic E-state index is 0. The third-order valence-corrected chi connectivity index (χ3v) is 3.88. The van der Waals surface area contributed by atoms with Crippen LogP contribution in [0.4, 0.5) is 5.69 Å². The minimum atomic E-state index is 0. The van der Waals surface area contributed by atoms with Crippen LogP contribution in [0.3, 0.4) is 0 Å². The molecule has 0 aliphatic carbocycles. The van der Waals surface area contributed by atoms with Crippen molar-refractivity contribution in [3.63, 3.8) is 0 Å². The highest BCUT2D eigenvalue weighted by molar-refractivity contribution is 8.93. The van der Waals surface area contributed by atoms with Gasteiger partial charge in [-0.1, -0.05) is 48.5 Å². The number of aliphatic imine (C=N–C) groups is 1. The molecule has 3 nitrogen and oxygen atoms in total. The van der Waals surface area contributed by atoms with Gasteiger partial charge in [-0.3, -0.25) is 9.79 Å². The monoisotopic (exact) mass is 372 g/mol. The van der Waals surface area contributed by atoms with E-state index in [4.69, 9.17) is 0 Å². The van der Waals surface area contributed by atoms with E-state index >= 15 is 0 Å². The Balaban J connectivity index is 0.00000192. The molecule has 4 heteroatoms. The molecule has 2 aromatic carbocycles. The number of amidine groups is 1. The van der Waals surface area contributed by atoms with Crippen molar-refractivity contribution in [2.45, 2.75) is 19.3 Å². The molecule has 2 aromatic rings. The second kappa shape index (κ2) is 8.63. The molecule has 1 heterocycles. The average molecular weight is 373 g/mol. The van der Waals surface area contributed by atoms with Gasteiger partial charge in [0, 0.05) is 24.2 Å². The largest absolute Gasteiger partial charge is 0.322 e. The van der Waals surface area contributed by atoms with E-state index in [-0.39, 0.29) is 22.8 Å². The number of nitrogens with zero attached hydrogens (tertiary/aromatic N) is 2. The van der Waals surface area contributed by atoms with Gasteiger partial charge >= 0.3 is 0 Å². The molecule has 0 saturated carbocycles. The van der Waals surface area contributed by atoms with Crippen LogP contribution in [0.1, 0.15) is 29.6 Å². The lowest BCUT2D eigenvalue weighted by Gasteiger charge is -2.27. The van der Waals surface area contributed by atoms with E-state index in [0.717, 1.165) is 42.9 Å². The molecule has 23 heavy (non-hydrogen) atoms. The number of hydrogen-bond acceptors (Lipinski definition) is 3. The number of ketones is 1. The number of anilines is 1. The van der Waals surface area contributed by atoms with E-state index in [2.05, 4.69) is 9.89 Å². The smallest absolute Gasteiger partial charge is 0.182 e. The van der Waals surface area contributed by atoms with E-state index in [1.165, 1.54) is 0 Å². The summed E-state index contributed by atoms with van der Waals surface area (Å²) in [5, 5.41) is 0. The van der Waals surface area contributed by atoms with E-state index in [0.29, 0.717) is 6.54 Å². The zero-order valence-electron chi connectivity index (χ0n) is 13.0. The zero-order valence-corrected chi connectivity index (χ0v) is 14.7. The van der Waals surface area contributed by atoms with E-state index in [1.54, 1.807) is 0 Å². The Labute approximate surface area is 147 Å². The van der Waals surface area contributed by atoms with Crippen molar-refractivity contribution in [1.29, 1.82) is 0 Å². The average Bonchev–Trinajstić information content (AvgIpc) is 2.62. The molecule has 0 fully saturated rings. The maximum absolute atomic E-state index is 12.6. The summed E-state index contributed by atoms with van der Waals surface area (Å²) >= 11 is 0. The first-order valence-corrected chi connectivity index (χ1v) is 7.79. The van der Waals surface area contributed by atoms with Gasteiger partial charge in [0.25, 0.3) is 0 Å². The summed E-state index contributed by atoms with van der Waals surface area (Å²) in [6, 6.07) is 19.5. The summed E-state index contributed by atoms with van der Waals surface area (Å²) in [6.45, 7) is 1.20. The molecule has 1 aliphatic rings. The van der Waals surface area contributed by atoms with Crippen LogP contribution in [0.2, 0.25) is 0 Å². The predicted molar refractivity (Wildman–Crippen MR) is 101 cm³/mol. The fourth-order valence-corrected chi connectivity index (χ4v) is 2.70. The van der Waals surface area contributed by atoms with Crippen molar-refractivity contribution >= 4 is 34.3 Å². The summed E-state index contributed by atoms with van der Waals surface area (Å²) in [4.78, 5) is 19.3. The van der Waals surface area contributed by atoms with Gasteiger partial charge < -0.3 is 4.90 Å². The lowest BCUT2D eigenvalue weighted by molar-refractivity contribution is 0.100. The first-order valence-electron chi connectivity index (χ1n) is 7.79. The van der Waals surface area contributed by atoms with E-state index in [9.17, 15) is 4.79 Å². The summed E-state index contributed by atoms with van der Waals surface area (Å²) in [6.07, 6.45) is 3.22. The molecule has 0 aromatic heterocycles. The van der Waals surface area contributed by atoms with Gasteiger partial charge in [-0.2, -0.15) is 0 Å². The Morgan fingerprint density at radius 3 is 2.22 bits per heavy atom. The molecule has 0 unspecified atom stereocenters. The third-order valence-electron chi connectivity index (χ3n) is 3.88. The minimum Gasteiger partial charge on any atom is -0.322 e. The molecule has 0 radical (unpaired) electrons. The Kier molecular flexibility index (Phi) is 6.53. The molecule has 0 spiro atoms. The number of benzene rings is 2. The lowest BCUT2D eigenvalue weighted by Crippen LogP contribution is -2.37. The highest BCUT2D eigenvalue weighted by Gasteiger charge is 2.19. The van der Waals surface area contributed by atoms with Gasteiger partial charge in [-0.05, 0) is 25.0 Å². The van der Waals surface area contributed by atoms with Crippen molar-refractivity contribution in [2.24, 2.45) is 4.99 Å². The molecular formula is C19H21BrN2O. The molecule has 120 valence electrons. The Bertz CT molecular complexity index is 656.